The number of rotatable bonds is 6. The summed E-state index contributed by atoms with van der Waals surface area (Å²) in [6, 6.07) is 72.2. The van der Waals surface area contributed by atoms with Crippen molar-refractivity contribution < 1.29 is 4.42 Å². The van der Waals surface area contributed by atoms with E-state index in [2.05, 4.69) is 193 Å². The lowest BCUT2D eigenvalue weighted by molar-refractivity contribution is 0.669. The molecule has 3 heteroatoms. The number of hydrogen-bond donors (Lipinski definition) is 0. The van der Waals surface area contributed by atoms with Gasteiger partial charge in [-0.25, -0.2) is 0 Å². The Bertz CT molecular complexity index is 3210. The molecule has 0 aliphatic carbocycles. The van der Waals surface area contributed by atoms with E-state index in [-0.39, 0.29) is 0 Å². The molecule has 55 heavy (non-hydrogen) atoms. The Labute approximate surface area is 322 Å². The predicted molar refractivity (Wildman–Crippen MR) is 235 cm³/mol. The first-order chi connectivity index (χ1) is 27.3. The summed E-state index contributed by atoms with van der Waals surface area (Å²) in [6.07, 6.45) is 0. The lowest BCUT2D eigenvalue weighted by Gasteiger charge is -2.27. The van der Waals surface area contributed by atoms with Crippen molar-refractivity contribution in [1.82, 2.24) is 0 Å². The zero-order valence-electron chi connectivity index (χ0n) is 29.8. The van der Waals surface area contributed by atoms with Crippen LogP contribution in [0.5, 0.6) is 0 Å². The maximum absolute atomic E-state index is 6.31. The van der Waals surface area contributed by atoms with Crippen LogP contribution in [0.15, 0.2) is 205 Å². The van der Waals surface area contributed by atoms with Gasteiger partial charge in [-0.15, -0.1) is 11.3 Å². The van der Waals surface area contributed by atoms with E-state index < -0.39 is 0 Å². The quantitative estimate of drug-likeness (QED) is 0.170. The highest BCUT2D eigenvalue weighted by Crippen LogP contribution is 2.48. The van der Waals surface area contributed by atoms with Crippen molar-refractivity contribution in [3.63, 3.8) is 0 Å². The van der Waals surface area contributed by atoms with Crippen molar-refractivity contribution in [2.75, 3.05) is 4.90 Å². The number of benzene rings is 9. The van der Waals surface area contributed by atoms with Gasteiger partial charge in [0.25, 0.3) is 0 Å². The molecular weight excluding hydrogens is 687 g/mol. The number of thiophene rings is 1. The monoisotopic (exact) mass is 719 g/mol. The van der Waals surface area contributed by atoms with Crippen LogP contribution in [-0.2, 0) is 0 Å². The predicted octanol–water partition coefficient (Wildman–Crippen LogP) is 15.6. The maximum Gasteiger partial charge on any atom is 0.136 e. The van der Waals surface area contributed by atoms with Crippen LogP contribution in [0.25, 0.3) is 86.3 Å². The lowest BCUT2D eigenvalue weighted by Crippen LogP contribution is -2.10. The van der Waals surface area contributed by atoms with E-state index >= 15 is 0 Å². The second-order valence-corrected chi connectivity index (χ2v) is 15.1. The third-order valence-electron chi connectivity index (χ3n) is 10.9. The Hall–Kier alpha value is -6.94. The van der Waals surface area contributed by atoms with Gasteiger partial charge in [-0.05, 0) is 92.7 Å². The summed E-state index contributed by atoms with van der Waals surface area (Å²) in [6.45, 7) is 0. The molecule has 0 aliphatic rings. The van der Waals surface area contributed by atoms with Crippen LogP contribution in [0.4, 0.5) is 17.1 Å². The molecule has 0 atom stereocenters. The molecule has 0 amide bonds. The van der Waals surface area contributed by atoms with E-state index in [1.54, 1.807) is 0 Å². The van der Waals surface area contributed by atoms with Gasteiger partial charge in [0.1, 0.15) is 11.2 Å². The van der Waals surface area contributed by atoms with Gasteiger partial charge >= 0.3 is 0 Å². The molecular formula is C52H33NOS. The molecule has 9 aromatic carbocycles. The summed E-state index contributed by atoms with van der Waals surface area (Å²) in [4.78, 5) is 2.43. The molecule has 11 rings (SSSR count). The Morgan fingerprint density at radius 3 is 1.91 bits per heavy atom. The largest absolute Gasteiger partial charge is 0.456 e. The fourth-order valence-electron chi connectivity index (χ4n) is 8.25. The first-order valence-electron chi connectivity index (χ1n) is 18.7. The summed E-state index contributed by atoms with van der Waals surface area (Å²) in [5, 5.41) is 7.31. The summed E-state index contributed by atoms with van der Waals surface area (Å²) >= 11 is 1.88. The molecule has 2 nitrogen and oxygen atoms in total. The molecule has 0 saturated carbocycles. The number of hydrogen-bond acceptors (Lipinski definition) is 3. The summed E-state index contributed by atoms with van der Waals surface area (Å²) in [5.41, 5.74) is 12.3. The Balaban J connectivity index is 1.11. The first-order valence-corrected chi connectivity index (χ1v) is 19.5. The van der Waals surface area contributed by atoms with Crippen molar-refractivity contribution in [2.24, 2.45) is 0 Å². The topological polar surface area (TPSA) is 16.4 Å². The van der Waals surface area contributed by atoms with Crippen LogP contribution in [0.2, 0.25) is 0 Å². The zero-order chi connectivity index (χ0) is 36.3. The second kappa shape index (κ2) is 12.9. The van der Waals surface area contributed by atoms with E-state index in [9.17, 15) is 0 Å². The lowest BCUT2D eigenvalue weighted by atomic mass is 9.98. The third kappa shape index (κ3) is 5.32. The Morgan fingerprint density at radius 1 is 0.364 bits per heavy atom. The fraction of sp³-hybridized carbons (Fsp3) is 0. The SMILES string of the molecule is c1ccc(-c2cccc3c2sc2c(N(c4ccc(-c5ccc6ccccc6c5)cc4)c4cccc(-c5cccc6oc7ccccc7c56)c4)cccc23)cc1. The van der Waals surface area contributed by atoms with Crippen molar-refractivity contribution in [1.29, 1.82) is 0 Å². The normalized spacial score (nSPS) is 11.6. The summed E-state index contributed by atoms with van der Waals surface area (Å²) < 4.78 is 8.87. The van der Waals surface area contributed by atoms with Crippen molar-refractivity contribution in [3.05, 3.63) is 200 Å². The van der Waals surface area contributed by atoms with Crippen molar-refractivity contribution in [2.45, 2.75) is 0 Å². The summed E-state index contributed by atoms with van der Waals surface area (Å²) in [5.74, 6) is 0. The van der Waals surface area contributed by atoms with Gasteiger partial charge in [-0.1, -0.05) is 152 Å². The minimum Gasteiger partial charge on any atom is -0.456 e. The Kier molecular flexibility index (Phi) is 7.39. The highest BCUT2D eigenvalue weighted by Gasteiger charge is 2.21. The van der Waals surface area contributed by atoms with Crippen LogP contribution < -0.4 is 4.90 Å². The number of nitrogens with zero attached hydrogens (tertiary/aromatic N) is 1. The molecule has 258 valence electrons. The van der Waals surface area contributed by atoms with Gasteiger partial charge in [-0.2, -0.15) is 0 Å². The zero-order valence-corrected chi connectivity index (χ0v) is 30.6. The van der Waals surface area contributed by atoms with Crippen LogP contribution in [0.3, 0.4) is 0 Å². The van der Waals surface area contributed by atoms with Crippen LogP contribution >= 0.6 is 11.3 Å². The average molecular weight is 720 g/mol. The summed E-state index contributed by atoms with van der Waals surface area (Å²) in [7, 11) is 0. The number of anilines is 3. The smallest absolute Gasteiger partial charge is 0.136 e. The maximum atomic E-state index is 6.31. The molecule has 2 aromatic heterocycles. The van der Waals surface area contributed by atoms with E-state index in [0.717, 1.165) is 50.1 Å². The molecule has 0 radical (unpaired) electrons. The standard InChI is InChI=1S/C52H33NOS/c1-2-13-36(14-3-1)43-20-9-21-44-45-22-10-23-47(52(45)55-51(43)44)53(40-30-28-35(29-31-40)38-27-26-34-12-4-5-15-37(34)32-38)41-17-8-16-39(33-41)42-19-11-25-49-50(42)46-18-6-7-24-48(46)54-49/h1-33H. The molecule has 2 heterocycles. The number of furan rings is 1. The van der Waals surface area contributed by atoms with E-state index in [1.165, 1.54) is 53.2 Å². The van der Waals surface area contributed by atoms with Crippen LogP contribution in [0.1, 0.15) is 0 Å². The molecule has 0 aliphatic heterocycles. The molecule has 0 bridgehead atoms. The van der Waals surface area contributed by atoms with Gasteiger partial charge < -0.3 is 9.32 Å². The molecule has 0 N–H and O–H groups in total. The van der Waals surface area contributed by atoms with Crippen LogP contribution in [0, 0.1) is 0 Å². The van der Waals surface area contributed by atoms with E-state index in [0.29, 0.717) is 0 Å². The van der Waals surface area contributed by atoms with Gasteiger partial charge in [0.05, 0.1) is 10.4 Å². The number of para-hydroxylation sites is 1. The van der Waals surface area contributed by atoms with E-state index in [4.69, 9.17) is 4.42 Å². The van der Waals surface area contributed by atoms with Crippen molar-refractivity contribution >= 4 is 81.3 Å². The van der Waals surface area contributed by atoms with Gasteiger partial charge in [-0.3, -0.25) is 0 Å². The molecule has 0 spiro atoms. The molecule has 0 unspecified atom stereocenters. The fourth-order valence-corrected chi connectivity index (χ4v) is 9.59. The second-order valence-electron chi connectivity index (χ2n) is 14.1. The van der Waals surface area contributed by atoms with E-state index in [1.807, 2.05) is 23.5 Å². The third-order valence-corrected chi connectivity index (χ3v) is 12.1. The number of fused-ring (bicyclic) bond motifs is 7. The first kappa shape index (κ1) is 31.6. The van der Waals surface area contributed by atoms with Gasteiger partial charge in [0.2, 0.25) is 0 Å². The van der Waals surface area contributed by atoms with Gasteiger partial charge in [0, 0.05) is 37.6 Å². The molecule has 11 aromatic rings. The minimum absolute atomic E-state index is 0.898. The highest BCUT2D eigenvalue weighted by molar-refractivity contribution is 7.27. The average Bonchev–Trinajstić information content (AvgIpc) is 3.84. The van der Waals surface area contributed by atoms with Crippen LogP contribution in [-0.4, -0.2) is 0 Å². The van der Waals surface area contributed by atoms with Gasteiger partial charge in [0.15, 0.2) is 0 Å². The Morgan fingerprint density at radius 2 is 1.02 bits per heavy atom. The highest BCUT2D eigenvalue weighted by atomic mass is 32.1. The minimum atomic E-state index is 0.898. The molecule has 0 fully saturated rings. The van der Waals surface area contributed by atoms with Crippen molar-refractivity contribution in [3.8, 4) is 33.4 Å². The molecule has 0 saturated heterocycles.